The van der Waals surface area contributed by atoms with Crippen molar-refractivity contribution in [3.8, 4) is 11.8 Å². The third kappa shape index (κ3) is 2.82. The fourth-order valence-electron chi connectivity index (χ4n) is 0.984. The molecule has 68 valence electrons. The van der Waals surface area contributed by atoms with Gasteiger partial charge in [0.15, 0.2) is 0 Å². The summed E-state index contributed by atoms with van der Waals surface area (Å²) in [7, 11) is 0. The highest BCUT2D eigenvalue weighted by Gasteiger charge is 2.06. The Balaban J connectivity index is 2.70. The first-order valence-corrected chi connectivity index (χ1v) is 4.00. The first-order valence-electron chi connectivity index (χ1n) is 4.00. The number of hydrogen-bond donors (Lipinski definition) is 2. The Labute approximate surface area is 77.5 Å². The zero-order valence-corrected chi connectivity index (χ0v) is 7.49. The monoisotopic (exact) mass is 176 g/mol. The van der Waals surface area contributed by atoms with Crippen LogP contribution in [0.5, 0.6) is 0 Å². The van der Waals surface area contributed by atoms with Gasteiger partial charge >= 0.3 is 0 Å². The molecule has 0 bridgehead atoms. The summed E-state index contributed by atoms with van der Waals surface area (Å²) in [5.41, 5.74) is 3.68. The van der Waals surface area contributed by atoms with Crippen LogP contribution in [0.15, 0.2) is 18.5 Å². The number of nitrogens with zero attached hydrogens (tertiary/aromatic N) is 2. The van der Waals surface area contributed by atoms with E-state index in [1.54, 1.807) is 19.3 Å². The molecule has 1 heterocycles. The summed E-state index contributed by atoms with van der Waals surface area (Å²) < 4.78 is 0. The standard InChI is InChI=1S/C9H12N4/c1-2-3-4-9(13-10)8-5-6-11-12-7-8/h5-7,9,13H,4,10H2,1H3. The van der Waals surface area contributed by atoms with E-state index >= 15 is 0 Å². The highest BCUT2D eigenvalue weighted by atomic mass is 15.2. The van der Waals surface area contributed by atoms with E-state index in [9.17, 15) is 0 Å². The predicted octanol–water partition coefficient (Wildman–Crippen LogP) is 0.394. The molecule has 0 saturated carbocycles. The molecule has 0 aliphatic rings. The molecule has 13 heavy (non-hydrogen) atoms. The smallest absolute Gasteiger partial charge is 0.0585 e. The molecular formula is C9H12N4. The van der Waals surface area contributed by atoms with Crippen molar-refractivity contribution < 1.29 is 0 Å². The summed E-state index contributed by atoms with van der Waals surface area (Å²) in [6.45, 7) is 1.80. The van der Waals surface area contributed by atoms with Crippen molar-refractivity contribution in [1.82, 2.24) is 15.6 Å². The Bertz CT molecular complexity index is 298. The lowest BCUT2D eigenvalue weighted by Crippen LogP contribution is -2.27. The maximum atomic E-state index is 5.38. The summed E-state index contributed by atoms with van der Waals surface area (Å²) in [6.07, 6.45) is 4.00. The van der Waals surface area contributed by atoms with Gasteiger partial charge < -0.3 is 0 Å². The number of nitrogens with two attached hydrogens (primary N) is 1. The molecule has 0 fully saturated rings. The van der Waals surface area contributed by atoms with E-state index in [0.717, 1.165) is 5.56 Å². The number of aromatic nitrogens is 2. The van der Waals surface area contributed by atoms with Gasteiger partial charge in [-0.1, -0.05) is 0 Å². The van der Waals surface area contributed by atoms with Crippen LogP contribution in [0.1, 0.15) is 24.9 Å². The molecule has 0 aromatic carbocycles. The number of hydrogen-bond acceptors (Lipinski definition) is 4. The lowest BCUT2D eigenvalue weighted by molar-refractivity contribution is 0.564. The van der Waals surface area contributed by atoms with Crippen LogP contribution in [-0.2, 0) is 0 Å². The van der Waals surface area contributed by atoms with Gasteiger partial charge in [-0.2, -0.15) is 10.2 Å². The Morgan fingerprint density at radius 1 is 1.62 bits per heavy atom. The van der Waals surface area contributed by atoms with Gasteiger partial charge in [-0.25, -0.2) is 0 Å². The average molecular weight is 176 g/mol. The fourth-order valence-corrected chi connectivity index (χ4v) is 0.984. The quantitative estimate of drug-likeness (QED) is 0.397. The van der Waals surface area contributed by atoms with Gasteiger partial charge in [-0.3, -0.25) is 11.3 Å². The molecule has 4 nitrogen and oxygen atoms in total. The van der Waals surface area contributed by atoms with E-state index in [1.165, 1.54) is 0 Å². The van der Waals surface area contributed by atoms with Gasteiger partial charge in [-0.05, 0) is 18.6 Å². The first kappa shape index (κ1) is 9.65. The third-order valence-corrected chi connectivity index (χ3v) is 1.69. The van der Waals surface area contributed by atoms with Gasteiger partial charge in [0, 0.05) is 12.6 Å². The molecule has 4 heteroatoms. The lowest BCUT2D eigenvalue weighted by atomic mass is 10.1. The second-order valence-electron chi connectivity index (χ2n) is 2.53. The molecule has 1 aromatic heterocycles. The molecule has 1 rings (SSSR count). The molecule has 0 spiro atoms. The number of hydrazine groups is 1. The van der Waals surface area contributed by atoms with Crippen molar-refractivity contribution >= 4 is 0 Å². The second-order valence-corrected chi connectivity index (χ2v) is 2.53. The van der Waals surface area contributed by atoms with Crippen LogP contribution in [0, 0.1) is 11.8 Å². The van der Waals surface area contributed by atoms with Crippen LogP contribution in [0.3, 0.4) is 0 Å². The Hall–Kier alpha value is -1.44. The molecule has 0 saturated heterocycles. The molecule has 1 unspecified atom stereocenters. The maximum absolute atomic E-state index is 5.38. The number of rotatable bonds is 3. The van der Waals surface area contributed by atoms with E-state index in [2.05, 4.69) is 27.5 Å². The van der Waals surface area contributed by atoms with Crippen LogP contribution < -0.4 is 11.3 Å². The van der Waals surface area contributed by atoms with Gasteiger partial charge in [0.1, 0.15) is 0 Å². The van der Waals surface area contributed by atoms with Crippen molar-refractivity contribution in [2.75, 3.05) is 0 Å². The Kier molecular flexibility index (Phi) is 3.89. The SMILES string of the molecule is CC#CCC(NN)c1ccnnc1. The largest absolute Gasteiger partial charge is 0.271 e. The summed E-state index contributed by atoms with van der Waals surface area (Å²) in [5.74, 6) is 11.2. The van der Waals surface area contributed by atoms with Crippen LogP contribution in [-0.4, -0.2) is 10.2 Å². The van der Waals surface area contributed by atoms with Gasteiger partial charge in [0.05, 0.1) is 12.2 Å². The Morgan fingerprint density at radius 3 is 3.00 bits per heavy atom. The molecule has 0 aliphatic carbocycles. The minimum Gasteiger partial charge on any atom is -0.271 e. The summed E-state index contributed by atoms with van der Waals surface area (Å²) in [5, 5.41) is 7.46. The van der Waals surface area contributed by atoms with Crippen molar-refractivity contribution in [2.24, 2.45) is 5.84 Å². The minimum atomic E-state index is 0.0305. The topological polar surface area (TPSA) is 63.8 Å². The van der Waals surface area contributed by atoms with E-state index in [4.69, 9.17) is 5.84 Å². The van der Waals surface area contributed by atoms with Crippen LogP contribution in [0.4, 0.5) is 0 Å². The third-order valence-electron chi connectivity index (χ3n) is 1.69. The van der Waals surface area contributed by atoms with Crippen molar-refractivity contribution in [1.29, 1.82) is 0 Å². The summed E-state index contributed by atoms with van der Waals surface area (Å²) >= 11 is 0. The van der Waals surface area contributed by atoms with Crippen molar-refractivity contribution in [2.45, 2.75) is 19.4 Å². The molecule has 0 amide bonds. The zero-order valence-electron chi connectivity index (χ0n) is 7.49. The normalized spacial score (nSPS) is 11.5. The average Bonchev–Trinajstić information content (AvgIpc) is 2.21. The second kappa shape index (κ2) is 5.25. The molecule has 0 radical (unpaired) electrons. The van der Waals surface area contributed by atoms with E-state index in [0.29, 0.717) is 6.42 Å². The van der Waals surface area contributed by atoms with E-state index in [1.807, 2.05) is 6.07 Å². The summed E-state index contributed by atoms with van der Waals surface area (Å²) in [4.78, 5) is 0. The molecule has 1 aromatic rings. The van der Waals surface area contributed by atoms with Gasteiger partial charge in [0.2, 0.25) is 0 Å². The minimum absolute atomic E-state index is 0.0305. The fraction of sp³-hybridized carbons (Fsp3) is 0.333. The molecule has 1 atom stereocenters. The highest BCUT2D eigenvalue weighted by molar-refractivity contribution is 5.14. The number of nitrogens with one attached hydrogen (secondary N) is 1. The summed E-state index contributed by atoms with van der Waals surface area (Å²) in [6, 6.07) is 1.90. The Morgan fingerprint density at radius 2 is 2.46 bits per heavy atom. The van der Waals surface area contributed by atoms with Crippen molar-refractivity contribution in [3.63, 3.8) is 0 Å². The van der Waals surface area contributed by atoms with E-state index in [-0.39, 0.29) is 6.04 Å². The van der Waals surface area contributed by atoms with Crippen molar-refractivity contribution in [3.05, 3.63) is 24.0 Å². The maximum Gasteiger partial charge on any atom is 0.0585 e. The first-order chi connectivity index (χ1) is 6.38. The van der Waals surface area contributed by atoms with Gasteiger partial charge in [0.25, 0.3) is 0 Å². The van der Waals surface area contributed by atoms with Crippen LogP contribution in [0.25, 0.3) is 0 Å². The molecule has 3 N–H and O–H groups in total. The zero-order chi connectivity index (χ0) is 9.52. The predicted molar refractivity (Wildman–Crippen MR) is 50.2 cm³/mol. The molecule has 0 aliphatic heterocycles. The van der Waals surface area contributed by atoms with E-state index < -0.39 is 0 Å². The lowest BCUT2D eigenvalue weighted by Gasteiger charge is -2.11. The molecular weight excluding hydrogens is 164 g/mol. The van der Waals surface area contributed by atoms with Gasteiger partial charge in [-0.15, -0.1) is 11.8 Å². The highest BCUT2D eigenvalue weighted by Crippen LogP contribution is 2.12. The van der Waals surface area contributed by atoms with Crippen LogP contribution >= 0.6 is 0 Å². The van der Waals surface area contributed by atoms with Crippen LogP contribution in [0.2, 0.25) is 0 Å².